The maximum Gasteiger partial charge on any atom is 0.433 e. The van der Waals surface area contributed by atoms with Crippen molar-refractivity contribution in [2.75, 3.05) is 29.7 Å². The fourth-order valence-electron chi connectivity index (χ4n) is 4.05. The lowest BCUT2D eigenvalue weighted by atomic mass is 10.0. The summed E-state index contributed by atoms with van der Waals surface area (Å²) in [6.07, 6.45) is -0.253. The minimum atomic E-state index is -4.49. The Morgan fingerprint density at radius 2 is 2.06 bits per heavy atom. The maximum absolute atomic E-state index is 12.9. The van der Waals surface area contributed by atoms with Gasteiger partial charge >= 0.3 is 6.18 Å². The second-order valence-corrected chi connectivity index (χ2v) is 8.42. The molecule has 4 rings (SSSR count). The van der Waals surface area contributed by atoms with Crippen LogP contribution >= 0.6 is 0 Å². The van der Waals surface area contributed by atoms with Gasteiger partial charge in [-0.2, -0.15) is 18.3 Å². The minimum absolute atomic E-state index is 0.149. The van der Waals surface area contributed by atoms with Crippen molar-refractivity contribution >= 4 is 23.1 Å². The molecule has 0 saturated carbocycles. The summed E-state index contributed by atoms with van der Waals surface area (Å²) in [4.78, 5) is 22.4. The van der Waals surface area contributed by atoms with Crippen LogP contribution in [-0.4, -0.2) is 52.0 Å². The topological polar surface area (TPSA) is 97.2 Å². The fraction of sp³-hybridized carbons (Fsp3) is 0.391. The van der Waals surface area contributed by atoms with Gasteiger partial charge in [0.05, 0.1) is 35.9 Å². The summed E-state index contributed by atoms with van der Waals surface area (Å²) < 4.78 is 45.6. The molecule has 4 heterocycles. The number of carbonyl (C=O) groups excluding carboxylic acids is 1. The number of alkyl halides is 3. The molecule has 0 radical (unpaired) electrons. The van der Waals surface area contributed by atoms with Crippen molar-refractivity contribution in [1.29, 1.82) is 0 Å². The average Bonchev–Trinajstić information content (AvgIpc) is 3.25. The summed E-state index contributed by atoms with van der Waals surface area (Å²) in [5, 5.41) is 10.4. The van der Waals surface area contributed by atoms with Gasteiger partial charge in [-0.15, -0.1) is 0 Å². The molecule has 0 spiro atoms. The summed E-state index contributed by atoms with van der Waals surface area (Å²) in [6.45, 7) is 4.25. The Morgan fingerprint density at radius 1 is 1.29 bits per heavy atom. The second-order valence-electron chi connectivity index (χ2n) is 8.42. The van der Waals surface area contributed by atoms with E-state index in [9.17, 15) is 18.0 Å². The average molecular weight is 490 g/mol. The van der Waals surface area contributed by atoms with Crippen LogP contribution in [-0.2, 0) is 28.8 Å². The molecule has 0 saturated heterocycles. The van der Waals surface area contributed by atoms with E-state index in [1.807, 2.05) is 31.9 Å². The highest BCUT2D eigenvalue weighted by molar-refractivity contribution is 6.04. The predicted molar refractivity (Wildman–Crippen MR) is 124 cm³/mol. The number of halogens is 3. The lowest BCUT2D eigenvalue weighted by molar-refractivity contribution is -0.141. The number of ether oxygens (including phenoxy) is 1. The zero-order valence-corrected chi connectivity index (χ0v) is 19.7. The molecule has 186 valence electrons. The molecule has 9 nitrogen and oxygen atoms in total. The van der Waals surface area contributed by atoms with Crippen molar-refractivity contribution in [3.8, 4) is 0 Å². The molecule has 2 N–H and O–H groups in total. The number of rotatable bonds is 7. The molecule has 0 unspecified atom stereocenters. The first-order chi connectivity index (χ1) is 16.6. The number of nitrogens with one attached hydrogen (secondary N) is 2. The van der Waals surface area contributed by atoms with Gasteiger partial charge < -0.3 is 20.3 Å². The van der Waals surface area contributed by atoms with Gasteiger partial charge in [0.25, 0.3) is 0 Å². The molecule has 12 heteroatoms. The molecule has 0 aromatic carbocycles. The van der Waals surface area contributed by atoms with Crippen molar-refractivity contribution in [1.82, 2.24) is 19.7 Å². The van der Waals surface area contributed by atoms with E-state index in [0.717, 1.165) is 23.5 Å². The lowest BCUT2D eigenvalue weighted by Gasteiger charge is -2.38. The number of methoxy groups -OCH3 is 1. The van der Waals surface area contributed by atoms with Crippen LogP contribution in [0.15, 0.2) is 36.8 Å². The van der Waals surface area contributed by atoms with E-state index in [1.165, 1.54) is 6.07 Å². The van der Waals surface area contributed by atoms with Gasteiger partial charge in [-0.3, -0.25) is 14.5 Å². The first-order valence-corrected chi connectivity index (χ1v) is 10.9. The number of aromatic nitrogens is 4. The van der Waals surface area contributed by atoms with Gasteiger partial charge in [0.1, 0.15) is 17.6 Å². The molecule has 2 atom stereocenters. The smallest absolute Gasteiger partial charge is 0.379 e. The summed E-state index contributed by atoms with van der Waals surface area (Å²) in [6, 6.07) is 3.93. The molecule has 35 heavy (non-hydrogen) atoms. The maximum atomic E-state index is 12.9. The van der Waals surface area contributed by atoms with E-state index in [-0.39, 0.29) is 18.6 Å². The van der Waals surface area contributed by atoms with E-state index >= 15 is 0 Å². The van der Waals surface area contributed by atoms with Crippen molar-refractivity contribution in [2.45, 2.75) is 45.3 Å². The fourth-order valence-corrected chi connectivity index (χ4v) is 4.05. The molecule has 3 aromatic rings. The minimum Gasteiger partial charge on any atom is -0.379 e. The Bertz CT molecular complexity index is 1230. The summed E-state index contributed by atoms with van der Waals surface area (Å²) in [5.41, 5.74) is 2.50. The number of amides is 1. The molecule has 1 aliphatic rings. The largest absolute Gasteiger partial charge is 0.433 e. The number of fused-ring (bicyclic) bond motifs is 1. The molecule has 3 aromatic heterocycles. The molecule has 0 aliphatic carbocycles. The van der Waals surface area contributed by atoms with Gasteiger partial charge in [0, 0.05) is 44.7 Å². The number of nitrogens with zero attached hydrogens (tertiary/aromatic N) is 5. The van der Waals surface area contributed by atoms with Crippen molar-refractivity contribution in [2.24, 2.45) is 0 Å². The van der Waals surface area contributed by atoms with E-state index in [0.29, 0.717) is 29.3 Å². The molecule has 0 fully saturated rings. The highest BCUT2D eigenvalue weighted by Gasteiger charge is 2.36. The monoisotopic (exact) mass is 489 g/mol. The number of anilines is 3. The van der Waals surface area contributed by atoms with Crippen LogP contribution in [0, 0.1) is 6.92 Å². The number of pyridine rings is 2. The van der Waals surface area contributed by atoms with Crippen LogP contribution in [0.2, 0.25) is 0 Å². The number of hydrogen-bond acceptors (Lipinski definition) is 7. The summed E-state index contributed by atoms with van der Waals surface area (Å²) >= 11 is 0. The lowest BCUT2D eigenvalue weighted by Crippen LogP contribution is -2.52. The Morgan fingerprint density at radius 3 is 2.77 bits per heavy atom. The Kier molecular flexibility index (Phi) is 6.66. The number of likely N-dealkylation sites (N-methyl/N-ethyl adjacent to an activating group) is 1. The van der Waals surface area contributed by atoms with Gasteiger partial charge in [-0.25, -0.2) is 4.98 Å². The van der Waals surface area contributed by atoms with Gasteiger partial charge in [0.15, 0.2) is 0 Å². The zero-order valence-electron chi connectivity index (χ0n) is 19.7. The quantitative estimate of drug-likeness (QED) is 0.525. The molecule has 1 amide bonds. The third kappa shape index (κ3) is 5.21. The van der Waals surface area contributed by atoms with Crippen LogP contribution in [0.25, 0.3) is 0 Å². The molecular weight excluding hydrogens is 463 g/mol. The zero-order chi connectivity index (χ0) is 25.3. The van der Waals surface area contributed by atoms with E-state index < -0.39 is 17.9 Å². The van der Waals surface area contributed by atoms with Gasteiger partial charge in [-0.05, 0) is 31.5 Å². The van der Waals surface area contributed by atoms with Gasteiger partial charge in [-0.1, -0.05) is 0 Å². The molecular formula is C23H26F3N7O2. The molecule has 0 bridgehead atoms. The first kappa shape index (κ1) is 24.5. The van der Waals surface area contributed by atoms with Gasteiger partial charge in [0.2, 0.25) is 5.91 Å². The SMILES string of the molecule is CO[C@H](C)[C@H]1C(=O)Nc2c(cc(NCc3cnn(Cc4ccnc(C(F)(F)F)c4)c3)nc2C)N1C. The van der Waals surface area contributed by atoms with E-state index in [1.54, 1.807) is 24.2 Å². The van der Waals surface area contributed by atoms with Crippen LogP contribution in [0.5, 0.6) is 0 Å². The van der Waals surface area contributed by atoms with E-state index in [4.69, 9.17) is 4.74 Å². The summed E-state index contributed by atoms with van der Waals surface area (Å²) in [5.74, 6) is 0.466. The van der Waals surface area contributed by atoms with Crippen LogP contribution in [0.3, 0.4) is 0 Å². The third-order valence-electron chi connectivity index (χ3n) is 5.93. The number of hydrogen-bond donors (Lipinski definition) is 2. The standard InChI is InChI=1S/C23H26F3N7O2/c1-13-20-17(32(3)21(14(2)35-4)22(34)31-20)8-19(30-13)28-9-16-10-29-33(12-16)11-15-5-6-27-18(7-15)23(24,25)26/h5-8,10,12,14,21H,9,11H2,1-4H3,(H,28,30)(H,31,34)/t14-,21+/m1/s1. The highest BCUT2D eigenvalue weighted by Crippen LogP contribution is 2.36. The normalized spacial score (nSPS) is 16.6. The van der Waals surface area contributed by atoms with Crippen molar-refractivity contribution < 1.29 is 22.7 Å². The third-order valence-corrected chi connectivity index (χ3v) is 5.93. The summed E-state index contributed by atoms with van der Waals surface area (Å²) in [7, 11) is 3.41. The second kappa shape index (κ2) is 9.53. The van der Waals surface area contributed by atoms with E-state index in [2.05, 4.69) is 25.7 Å². The van der Waals surface area contributed by atoms with Crippen LogP contribution in [0.1, 0.15) is 29.4 Å². The predicted octanol–water partition coefficient (Wildman–Crippen LogP) is 3.45. The molecule has 1 aliphatic heterocycles. The van der Waals surface area contributed by atoms with Crippen molar-refractivity contribution in [3.63, 3.8) is 0 Å². The Balaban J connectivity index is 1.46. The van der Waals surface area contributed by atoms with Crippen LogP contribution < -0.4 is 15.5 Å². The Hall–Kier alpha value is -3.67. The first-order valence-electron chi connectivity index (χ1n) is 10.9. The van der Waals surface area contributed by atoms with Crippen LogP contribution in [0.4, 0.5) is 30.4 Å². The Labute approximate surface area is 200 Å². The number of aryl methyl sites for hydroxylation is 1. The van der Waals surface area contributed by atoms with Crippen molar-refractivity contribution in [3.05, 3.63) is 59.3 Å². The number of carbonyl (C=O) groups is 1. The highest BCUT2D eigenvalue weighted by atomic mass is 19.4.